The number of anilines is 1. The number of hydrogen-bond donors (Lipinski definition) is 3. The monoisotopic (exact) mass is 455 g/mol. The Morgan fingerprint density at radius 3 is 2.29 bits per heavy atom. The molecule has 4 aromatic rings. The second-order valence-corrected chi connectivity index (χ2v) is 7.44. The highest BCUT2D eigenvalue weighted by Gasteiger charge is 2.18. The molecule has 2 heterocycles. The highest BCUT2D eigenvalue weighted by atomic mass is 35.5. The number of halogens is 2. The molecule has 8 nitrogen and oxygen atoms in total. The Labute approximate surface area is 186 Å². The Bertz CT molecular complexity index is 1280. The Morgan fingerprint density at radius 2 is 1.71 bits per heavy atom. The van der Waals surface area contributed by atoms with Crippen LogP contribution in [0.1, 0.15) is 26.5 Å². The van der Waals surface area contributed by atoms with E-state index in [9.17, 15) is 9.59 Å². The number of amides is 1. The van der Waals surface area contributed by atoms with Gasteiger partial charge >= 0.3 is 5.97 Å². The maximum absolute atomic E-state index is 12.4. The summed E-state index contributed by atoms with van der Waals surface area (Å²) in [4.78, 5) is 26.3. The van der Waals surface area contributed by atoms with Crippen LogP contribution in [0.25, 0.3) is 16.9 Å². The molecule has 3 N–H and O–H groups in total. The number of carbonyl (C=O) groups is 2. The van der Waals surface area contributed by atoms with E-state index in [0.717, 1.165) is 5.56 Å². The van der Waals surface area contributed by atoms with Crippen LogP contribution in [0.5, 0.6) is 0 Å². The molecule has 0 unspecified atom stereocenters. The molecule has 0 spiro atoms. The molecule has 1 amide bonds. The van der Waals surface area contributed by atoms with E-state index in [1.54, 1.807) is 54.2 Å². The summed E-state index contributed by atoms with van der Waals surface area (Å²) < 4.78 is 1.55. The van der Waals surface area contributed by atoms with Gasteiger partial charge in [-0.3, -0.25) is 4.79 Å². The minimum absolute atomic E-state index is 0.182. The van der Waals surface area contributed by atoms with Crippen LogP contribution < -0.4 is 5.32 Å². The lowest BCUT2D eigenvalue weighted by atomic mass is 10.1. The first-order chi connectivity index (χ1) is 14.8. The lowest BCUT2D eigenvalue weighted by Crippen LogP contribution is -2.12. The molecule has 0 aliphatic heterocycles. The Hall–Kier alpha value is -3.62. The quantitative estimate of drug-likeness (QED) is 0.398. The van der Waals surface area contributed by atoms with Gasteiger partial charge in [-0.05, 0) is 43.3 Å². The molecule has 0 saturated carbocycles. The van der Waals surface area contributed by atoms with Crippen molar-refractivity contribution in [2.24, 2.45) is 0 Å². The molecule has 156 valence electrons. The van der Waals surface area contributed by atoms with Crippen molar-refractivity contribution in [2.45, 2.75) is 6.92 Å². The third-order valence-electron chi connectivity index (χ3n) is 4.59. The lowest BCUT2D eigenvalue weighted by molar-refractivity contribution is 0.0696. The zero-order valence-electron chi connectivity index (χ0n) is 16.1. The van der Waals surface area contributed by atoms with Crippen LogP contribution in [0.15, 0.2) is 54.7 Å². The van der Waals surface area contributed by atoms with Crippen molar-refractivity contribution >= 4 is 40.8 Å². The number of nitrogens with one attached hydrogen (secondary N) is 2. The molecule has 0 radical (unpaired) electrons. The van der Waals surface area contributed by atoms with Crippen molar-refractivity contribution in [3.8, 4) is 16.9 Å². The summed E-state index contributed by atoms with van der Waals surface area (Å²) in [7, 11) is 0. The third kappa shape index (κ3) is 4.16. The number of aromatic amines is 1. The molecule has 10 heteroatoms. The fraction of sp³-hybridized carbons (Fsp3) is 0.0476. The minimum Gasteiger partial charge on any atom is -0.478 e. The van der Waals surface area contributed by atoms with E-state index in [-0.39, 0.29) is 16.3 Å². The molecule has 31 heavy (non-hydrogen) atoms. The predicted octanol–water partition coefficient (Wildman–Crippen LogP) is 4.83. The van der Waals surface area contributed by atoms with Crippen LogP contribution in [-0.4, -0.2) is 37.0 Å². The normalized spacial score (nSPS) is 10.8. The zero-order chi connectivity index (χ0) is 22.1. The van der Waals surface area contributed by atoms with E-state index in [4.69, 9.17) is 28.3 Å². The molecule has 4 rings (SSSR count). The van der Waals surface area contributed by atoms with Crippen molar-refractivity contribution in [1.82, 2.24) is 20.0 Å². The van der Waals surface area contributed by atoms with E-state index in [2.05, 4.69) is 20.6 Å². The van der Waals surface area contributed by atoms with Crippen LogP contribution >= 0.6 is 23.2 Å². The second-order valence-electron chi connectivity index (χ2n) is 6.68. The number of carbonyl (C=O) groups excluding carboxylic acids is 1. The number of H-pyrrole nitrogens is 1. The molecule has 0 fully saturated rings. The smallest absolute Gasteiger partial charge is 0.335 e. The third-order valence-corrected chi connectivity index (χ3v) is 5.54. The average molecular weight is 456 g/mol. The summed E-state index contributed by atoms with van der Waals surface area (Å²) in [6, 6.07) is 13.4. The summed E-state index contributed by atoms with van der Waals surface area (Å²) in [5.74, 6) is -1.39. The van der Waals surface area contributed by atoms with E-state index < -0.39 is 11.9 Å². The largest absolute Gasteiger partial charge is 0.478 e. The average Bonchev–Trinajstić information content (AvgIpc) is 3.36. The summed E-state index contributed by atoms with van der Waals surface area (Å²) in [6.45, 7) is 1.73. The molecule has 0 aliphatic rings. The van der Waals surface area contributed by atoms with Crippen molar-refractivity contribution in [2.75, 3.05) is 5.32 Å². The first-order valence-electron chi connectivity index (χ1n) is 9.05. The van der Waals surface area contributed by atoms with Gasteiger partial charge in [0.05, 0.1) is 27.5 Å². The second kappa shape index (κ2) is 8.25. The van der Waals surface area contributed by atoms with Gasteiger partial charge in [-0.15, -0.1) is 5.10 Å². The number of benzene rings is 2. The summed E-state index contributed by atoms with van der Waals surface area (Å²) >= 11 is 12.1. The van der Waals surface area contributed by atoms with E-state index in [1.807, 2.05) is 0 Å². The predicted molar refractivity (Wildman–Crippen MR) is 117 cm³/mol. The number of carboxylic acid groups (broad SMARTS) is 1. The number of aromatic nitrogens is 4. The standard InChI is InChI=1S/C21H15Cl2N5O3/c1-11-17(22)18(23)19(24-11)20(29)25-14-6-2-12(3-7-14)16-10-28(27-26-16)15-8-4-13(5-9-15)21(30)31/h2-10,24H,1H3,(H,25,29)(H,30,31). The molecule has 0 aliphatic carbocycles. The van der Waals surface area contributed by atoms with Crippen LogP contribution in [0.4, 0.5) is 5.69 Å². The Morgan fingerprint density at radius 1 is 1.03 bits per heavy atom. The summed E-state index contributed by atoms with van der Waals surface area (Å²) in [5.41, 5.74) is 3.69. The highest BCUT2D eigenvalue weighted by molar-refractivity contribution is 6.44. The number of hydrogen-bond acceptors (Lipinski definition) is 4. The topological polar surface area (TPSA) is 113 Å². The number of nitrogens with zero attached hydrogens (tertiary/aromatic N) is 3. The van der Waals surface area contributed by atoms with Gasteiger partial charge < -0.3 is 15.4 Å². The first-order valence-corrected chi connectivity index (χ1v) is 9.80. The van der Waals surface area contributed by atoms with E-state index in [0.29, 0.717) is 27.8 Å². The SMILES string of the molecule is Cc1[nH]c(C(=O)Nc2ccc(-c3cn(-c4ccc(C(=O)O)cc4)nn3)cc2)c(Cl)c1Cl. The molecular formula is C21H15Cl2N5O3. The first kappa shape index (κ1) is 20.6. The lowest BCUT2D eigenvalue weighted by Gasteiger charge is -2.05. The Kier molecular flexibility index (Phi) is 5.50. The van der Waals surface area contributed by atoms with Crippen LogP contribution in [0, 0.1) is 6.92 Å². The number of carboxylic acids is 1. The van der Waals surface area contributed by atoms with Crippen molar-refractivity contribution < 1.29 is 14.7 Å². The fourth-order valence-corrected chi connectivity index (χ4v) is 3.34. The number of aryl methyl sites for hydroxylation is 1. The zero-order valence-corrected chi connectivity index (χ0v) is 17.6. The van der Waals surface area contributed by atoms with Crippen LogP contribution in [0.2, 0.25) is 10.0 Å². The molecule has 0 saturated heterocycles. The number of rotatable bonds is 5. The minimum atomic E-state index is -0.991. The van der Waals surface area contributed by atoms with Crippen molar-refractivity contribution in [1.29, 1.82) is 0 Å². The van der Waals surface area contributed by atoms with Gasteiger partial charge in [0, 0.05) is 16.9 Å². The number of aromatic carboxylic acids is 1. The fourth-order valence-electron chi connectivity index (χ4n) is 2.92. The maximum atomic E-state index is 12.4. The van der Waals surface area contributed by atoms with Crippen molar-refractivity contribution in [3.63, 3.8) is 0 Å². The highest BCUT2D eigenvalue weighted by Crippen LogP contribution is 2.29. The van der Waals surface area contributed by atoms with Crippen molar-refractivity contribution in [3.05, 3.63) is 81.7 Å². The van der Waals surface area contributed by atoms with Gasteiger partial charge in [-0.25, -0.2) is 9.48 Å². The van der Waals surface area contributed by atoms with E-state index >= 15 is 0 Å². The Balaban J connectivity index is 1.49. The van der Waals surface area contributed by atoms with Gasteiger partial charge in [-0.2, -0.15) is 0 Å². The molecule has 2 aromatic carbocycles. The van der Waals surface area contributed by atoms with Gasteiger partial charge in [0.15, 0.2) is 0 Å². The van der Waals surface area contributed by atoms with Gasteiger partial charge in [-0.1, -0.05) is 40.5 Å². The van der Waals surface area contributed by atoms with Gasteiger partial charge in [0.1, 0.15) is 11.4 Å². The molecule has 0 bridgehead atoms. The van der Waals surface area contributed by atoms with Gasteiger partial charge in [0.2, 0.25) is 0 Å². The van der Waals surface area contributed by atoms with Gasteiger partial charge in [0.25, 0.3) is 5.91 Å². The summed E-state index contributed by atoms with van der Waals surface area (Å²) in [5, 5.41) is 20.5. The summed E-state index contributed by atoms with van der Waals surface area (Å²) in [6.07, 6.45) is 1.73. The van der Waals surface area contributed by atoms with Crippen LogP contribution in [0.3, 0.4) is 0 Å². The molecular weight excluding hydrogens is 441 g/mol. The van der Waals surface area contributed by atoms with E-state index in [1.165, 1.54) is 12.1 Å². The molecule has 0 atom stereocenters. The van der Waals surface area contributed by atoms with Crippen LogP contribution in [-0.2, 0) is 0 Å². The molecule has 2 aromatic heterocycles. The maximum Gasteiger partial charge on any atom is 0.335 e.